The summed E-state index contributed by atoms with van der Waals surface area (Å²) in [6.45, 7) is 5.81. The molecule has 0 bridgehead atoms. The molecule has 266 valence electrons. The number of pyridine rings is 1. The van der Waals surface area contributed by atoms with Gasteiger partial charge in [0.25, 0.3) is 5.91 Å². The molecule has 0 unspecified atom stereocenters. The maximum Gasteiger partial charge on any atom is 0.416 e. The third kappa shape index (κ3) is 8.53. The average Bonchev–Trinajstić information content (AvgIpc) is 3.49. The summed E-state index contributed by atoms with van der Waals surface area (Å²) in [6, 6.07) is 10.1. The summed E-state index contributed by atoms with van der Waals surface area (Å²) in [5, 5.41) is 11.7. The molecule has 11 nitrogen and oxygen atoms in total. The Labute approximate surface area is 284 Å². The summed E-state index contributed by atoms with van der Waals surface area (Å²) in [5.41, 5.74) is -1.29. The first-order chi connectivity index (χ1) is 23.2. The van der Waals surface area contributed by atoms with Crippen LogP contribution < -0.4 is 4.74 Å². The van der Waals surface area contributed by atoms with Gasteiger partial charge in [-0.2, -0.15) is 13.2 Å². The van der Waals surface area contributed by atoms with Crippen LogP contribution in [0.3, 0.4) is 0 Å². The number of carbonyl (C=O) groups is 2. The maximum absolute atomic E-state index is 14.5. The van der Waals surface area contributed by atoms with E-state index in [1.165, 1.54) is 4.90 Å². The topological polar surface area (TPSA) is 119 Å². The van der Waals surface area contributed by atoms with Gasteiger partial charge in [-0.25, -0.2) is 14.8 Å². The Balaban J connectivity index is 1.45. The first-order valence-corrected chi connectivity index (χ1v) is 16.5. The number of piperazine rings is 1. The zero-order chi connectivity index (χ0) is 35.4. The molecular formula is C35H44F3N5O6. The van der Waals surface area contributed by atoms with Gasteiger partial charge in [0.15, 0.2) is 5.69 Å². The minimum atomic E-state index is -4.56. The molecule has 14 heteroatoms. The summed E-state index contributed by atoms with van der Waals surface area (Å²) < 4.78 is 58.4. The zero-order valence-corrected chi connectivity index (χ0v) is 28.3. The van der Waals surface area contributed by atoms with E-state index in [0.29, 0.717) is 18.5 Å². The fourth-order valence-corrected chi connectivity index (χ4v) is 6.62. The Morgan fingerprint density at radius 3 is 2.51 bits per heavy atom. The van der Waals surface area contributed by atoms with Crippen molar-refractivity contribution in [3.8, 4) is 17.1 Å². The highest BCUT2D eigenvalue weighted by molar-refractivity contribution is 5.98. The molecule has 3 aromatic rings. The van der Waals surface area contributed by atoms with Crippen LogP contribution in [0.4, 0.5) is 18.0 Å². The fraction of sp³-hybridized carbons (Fsp3) is 0.543. The van der Waals surface area contributed by atoms with Gasteiger partial charge in [0.1, 0.15) is 11.2 Å². The van der Waals surface area contributed by atoms with Crippen molar-refractivity contribution in [2.75, 3.05) is 40.0 Å². The molecule has 2 fully saturated rings. The van der Waals surface area contributed by atoms with Crippen molar-refractivity contribution in [3.63, 3.8) is 0 Å². The third-order valence-corrected chi connectivity index (χ3v) is 8.89. The van der Waals surface area contributed by atoms with Gasteiger partial charge in [0.05, 0.1) is 42.9 Å². The summed E-state index contributed by atoms with van der Waals surface area (Å²) in [6.07, 6.45) is 0.660. The molecule has 1 aliphatic carbocycles. The predicted octanol–water partition coefficient (Wildman–Crippen LogP) is 5.99. The van der Waals surface area contributed by atoms with Crippen molar-refractivity contribution >= 4 is 12.0 Å². The highest BCUT2D eigenvalue weighted by atomic mass is 19.4. The van der Waals surface area contributed by atoms with Crippen LogP contribution in [0.2, 0.25) is 0 Å². The van der Waals surface area contributed by atoms with Gasteiger partial charge < -0.3 is 33.7 Å². The lowest BCUT2D eigenvalue weighted by molar-refractivity contribution is -0.137. The Morgan fingerprint density at radius 2 is 1.82 bits per heavy atom. The lowest BCUT2D eigenvalue weighted by Crippen LogP contribution is -2.57. The van der Waals surface area contributed by atoms with E-state index in [1.54, 1.807) is 39.1 Å². The smallest absolute Gasteiger partial charge is 0.416 e. The van der Waals surface area contributed by atoms with Gasteiger partial charge in [-0.3, -0.25) is 4.79 Å². The van der Waals surface area contributed by atoms with Gasteiger partial charge in [-0.05, 0) is 39.7 Å². The Kier molecular flexibility index (Phi) is 10.9. The molecule has 2 amide bonds. The van der Waals surface area contributed by atoms with E-state index >= 15 is 0 Å². The standard InChI is InChI=1S/C35H44F3N5O6/c1-33(2,3)49-32(45)41-17-18-42(26(21-41)14-19-48-28-20-25(13-16-39-28)35(36,37)38)31(44)29-30(24-10-6-5-7-11-24)43(23-40-29)27-12-8-9-15-34(27,46)22-47-4/h5-7,10-11,13,16,20,23,26-27,46H,8-9,12,14-15,17-19,21-22H2,1-4H3/t26-,27-,34-/m1/s1. The van der Waals surface area contributed by atoms with Crippen LogP contribution in [0.15, 0.2) is 55.0 Å². The van der Waals surface area contributed by atoms with Crippen molar-refractivity contribution in [2.24, 2.45) is 0 Å². The van der Waals surface area contributed by atoms with E-state index < -0.39 is 41.1 Å². The number of aromatic nitrogens is 3. The number of aliphatic hydroxyl groups is 1. The number of carbonyl (C=O) groups excluding carboxylic acids is 2. The number of benzene rings is 1. The van der Waals surface area contributed by atoms with Gasteiger partial charge in [-0.15, -0.1) is 0 Å². The highest BCUT2D eigenvalue weighted by Gasteiger charge is 2.43. The summed E-state index contributed by atoms with van der Waals surface area (Å²) in [5.74, 6) is -0.580. The number of imidazole rings is 1. The van der Waals surface area contributed by atoms with Crippen molar-refractivity contribution in [1.29, 1.82) is 0 Å². The summed E-state index contributed by atoms with van der Waals surface area (Å²) in [7, 11) is 1.55. The van der Waals surface area contributed by atoms with Crippen molar-refractivity contribution in [1.82, 2.24) is 24.3 Å². The number of amides is 2. The van der Waals surface area contributed by atoms with Crippen LogP contribution >= 0.6 is 0 Å². The average molecular weight is 688 g/mol. The van der Waals surface area contributed by atoms with Gasteiger partial charge in [0.2, 0.25) is 5.88 Å². The van der Waals surface area contributed by atoms with Crippen LogP contribution in [-0.4, -0.2) is 98.6 Å². The van der Waals surface area contributed by atoms with Gasteiger partial charge >= 0.3 is 12.3 Å². The molecule has 49 heavy (non-hydrogen) atoms. The summed E-state index contributed by atoms with van der Waals surface area (Å²) >= 11 is 0. The largest absolute Gasteiger partial charge is 0.478 e. The monoisotopic (exact) mass is 687 g/mol. The fourth-order valence-electron chi connectivity index (χ4n) is 6.62. The van der Waals surface area contributed by atoms with E-state index in [-0.39, 0.29) is 56.7 Å². The second-order valence-electron chi connectivity index (χ2n) is 13.6. The molecule has 1 saturated carbocycles. The second kappa shape index (κ2) is 14.8. The second-order valence-corrected chi connectivity index (χ2v) is 13.6. The number of alkyl halides is 3. The van der Waals surface area contributed by atoms with Crippen molar-refractivity contribution in [2.45, 2.75) is 82.3 Å². The minimum Gasteiger partial charge on any atom is -0.478 e. The molecule has 2 aliphatic rings. The number of methoxy groups -OCH3 is 1. The minimum absolute atomic E-state index is 0.0724. The van der Waals surface area contributed by atoms with Crippen LogP contribution in [0, 0.1) is 0 Å². The van der Waals surface area contributed by atoms with Crippen LogP contribution in [-0.2, 0) is 15.7 Å². The van der Waals surface area contributed by atoms with E-state index in [1.807, 2.05) is 34.9 Å². The Bertz CT molecular complexity index is 1590. The first-order valence-electron chi connectivity index (χ1n) is 16.5. The molecule has 2 aromatic heterocycles. The molecular weight excluding hydrogens is 643 g/mol. The molecule has 1 aliphatic heterocycles. The number of hydrogen-bond acceptors (Lipinski definition) is 8. The molecule has 0 spiro atoms. The first kappa shape index (κ1) is 36.1. The van der Waals surface area contributed by atoms with E-state index in [0.717, 1.165) is 36.7 Å². The Morgan fingerprint density at radius 1 is 1.06 bits per heavy atom. The number of rotatable bonds is 9. The van der Waals surface area contributed by atoms with Gasteiger partial charge in [0, 0.05) is 51.0 Å². The van der Waals surface area contributed by atoms with E-state index in [2.05, 4.69) is 9.97 Å². The quantitative estimate of drug-likeness (QED) is 0.292. The Hall–Kier alpha value is -4.17. The number of nitrogens with zero attached hydrogens (tertiary/aromatic N) is 5. The van der Waals surface area contributed by atoms with Crippen LogP contribution in [0.1, 0.15) is 75.0 Å². The molecule has 1 aromatic carbocycles. The lowest BCUT2D eigenvalue weighted by Gasteiger charge is -2.42. The SMILES string of the molecule is COC[C@]1(O)CCCC[C@H]1n1cnc(C(=O)N2CCN(C(=O)OC(C)(C)C)C[C@H]2CCOc2cc(C(F)(F)F)ccn2)c1-c1ccccc1. The predicted molar refractivity (Wildman–Crippen MR) is 174 cm³/mol. The lowest BCUT2D eigenvalue weighted by atomic mass is 9.80. The molecule has 3 heterocycles. The number of ether oxygens (including phenoxy) is 3. The van der Waals surface area contributed by atoms with Crippen LogP contribution in [0.25, 0.3) is 11.3 Å². The van der Waals surface area contributed by atoms with E-state index in [4.69, 9.17) is 14.2 Å². The maximum atomic E-state index is 14.5. The number of halogens is 3. The summed E-state index contributed by atoms with van der Waals surface area (Å²) in [4.78, 5) is 39.3. The van der Waals surface area contributed by atoms with Crippen molar-refractivity contribution in [3.05, 3.63) is 66.2 Å². The van der Waals surface area contributed by atoms with E-state index in [9.17, 15) is 27.9 Å². The normalized spacial score (nSPS) is 21.8. The molecule has 3 atom stereocenters. The van der Waals surface area contributed by atoms with Crippen LogP contribution in [0.5, 0.6) is 5.88 Å². The van der Waals surface area contributed by atoms with Crippen molar-refractivity contribution < 1.29 is 42.1 Å². The number of hydrogen-bond donors (Lipinski definition) is 1. The third-order valence-electron chi connectivity index (χ3n) is 8.89. The molecule has 5 rings (SSSR count). The molecule has 0 radical (unpaired) electrons. The zero-order valence-electron chi connectivity index (χ0n) is 28.3. The highest BCUT2D eigenvalue weighted by Crippen LogP contribution is 2.41. The van der Waals surface area contributed by atoms with Gasteiger partial charge in [-0.1, -0.05) is 43.2 Å². The molecule has 1 N–H and O–H groups in total. The molecule has 1 saturated heterocycles.